The highest BCUT2D eigenvalue weighted by molar-refractivity contribution is 4.79. The van der Waals surface area contributed by atoms with Crippen LogP contribution in [0.25, 0.3) is 0 Å². The average Bonchev–Trinajstić information content (AvgIpc) is 1.94. The van der Waals surface area contributed by atoms with Crippen LogP contribution in [0, 0.1) is 5.92 Å². The van der Waals surface area contributed by atoms with Gasteiger partial charge in [0.1, 0.15) is 6.17 Å². The third kappa shape index (κ3) is 2.74. The summed E-state index contributed by atoms with van der Waals surface area (Å²) in [6.07, 6.45) is 1.95. The first-order valence-electron chi connectivity index (χ1n) is 4.89. The molecule has 0 aromatic carbocycles. The molecule has 3 atom stereocenters. The molecule has 12 heavy (non-hydrogen) atoms. The van der Waals surface area contributed by atoms with E-state index in [9.17, 15) is 4.39 Å². The minimum absolute atomic E-state index is 0.138. The van der Waals surface area contributed by atoms with E-state index in [1.165, 1.54) is 0 Å². The van der Waals surface area contributed by atoms with Crippen molar-refractivity contribution in [3.8, 4) is 0 Å². The molecular weight excluding hydrogens is 155 g/mol. The van der Waals surface area contributed by atoms with Crippen LogP contribution < -0.4 is 0 Å². The monoisotopic (exact) mass is 174 g/mol. The van der Waals surface area contributed by atoms with E-state index in [-0.39, 0.29) is 12.2 Å². The van der Waals surface area contributed by atoms with Crippen molar-refractivity contribution in [2.45, 2.75) is 58.4 Å². The molecule has 0 amide bonds. The van der Waals surface area contributed by atoms with Gasteiger partial charge in [-0.15, -0.1) is 0 Å². The van der Waals surface area contributed by atoms with Gasteiger partial charge in [0.2, 0.25) is 0 Å². The van der Waals surface area contributed by atoms with Crippen LogP contribution in [0.15, 0.2) is 0 Å². The molecule has 0 N–H and O–H groups in total. The van der Waals surface area contributed by atoms with E-state index in [2.05, 4.69) is 6.92 Å². The van der Waals surface area contributed by atoms with Gasteiger partial charge in [0.05, 0.1) is 12.2 Å². The van der Waals surface area contributed by atoms with Crippen molar-refractivity contribution in [3.63, 3.8) is 0 Å². The van der Waals surface area contributed by atoms with Crippen molar-refractivity contribution in [2.75, 3.05) is 0 Å². The minimum Gasteiger partial charge on any atom is -0.373 e. The molecule has 1 aliphatic rings. The first-order valence-corrected chi connectivity index (χ1v) is 4.89. The molecule has 0 saturated heterocycles. The molecule has 3 unspecified atom stereocenters. The van der Waals surface area contributed by atoms with Crippen molar-refractivity contribution in [1.29, 1.82) is 0 Å². The summed E-state index contributed by atoms with van der Waals surface area (Å²) in [5, 5.41) is 0. The Morgan fingerprint density at radius 3 is 2.50 bits per heavy atom. The molecule has 0 aliphatic heterocycles. The van der Waals surface area contributed by atoms with E-state index in [0.29, 0.717) is 12.3 Å². The second-order valence-electron chi connectivity index (χ2n) is 4.16. The molecule has 1 nitrogen and oxygen atoms in total. The van der Waals surface area contributed by atoms with Crippen molar-refractivity contribution in [2.24, 2.45) is 5.92 Å². The van der Waals surface area contributed by atoms with Gasteiger partial charge in [-0.3, -0.25) is 0 Å². The molecule has 0 radical (unpaired) electrons. The lowest BCUT2D eigenvalue weighted by atomic mass is 9.87. The Morgan fingerprint density at radius 1 is 1.33 bits per heavy atom. The highest BCUT2D eigenvalue weighted by Crippen LogP contribution is 2.28. The zero-order valence-corrected chi connectivity index (χ0v) is 8.22. The maximum Gasteiger partial charge on any atom is 0.126 e. The van der Waals surface area contributed by atoms with Gasteiger partial charge in [-0.2, -0.15) is 0 Å². The van der Waals surface area contributed by atoms with Crippen LogP contribution >= 0.6 is 0 Å². The lowest BCUT2D eigenvalue weighted by molar-refractivity contribution is -0.0629. The van der Waals surface area contributed by atoms with E-state index in [1.807, 2.05) is 13.8 Å². The van der Waals surface area contributed by atoms with Crippen molar-refractivity contribution in [1.82, 2.24) is 0 Å². The average molecular weight is 174 g/mol. The summed E-state index contributed by atoms with van der Waals surface area (Å²) in [7, 11) is 0. The van der Waals surface area contributed by atoms with E-state index in [4.69, 9.17) is 4.74 Å². The van der Waals surface area contributed by atoms with Gasteiger partial charge < -0.3 is 4.74 Å². The molecule has 1 saturated carbocycles. The summed E-state index contributed by atoms with van der Waals surface area (Å²) in [4.78, 5) is 0. The molecule has 0 spiro atoms. The molecule has 0 heterocycles. The Kier molecular flexibility index (Phi) is 3.51. The van der Waals surface area contributed by atoms with Crippen LogP contribution in [0.3, 0.4) is 0 Å². The van der Waals surface area contributed by atoms with Crippen LogP contribution in [-0.4, -0.2) is 18.4 Å². The lowest BCUT2D eigenvalue weighted by Crippen LogP contribution is -2.34. The van der Waals surface area contributed by atoms with Gasteiger partial charge in [0.15, 0.2) is 0 Å². The standard InChI is InChI=1S/C10H19FO/c1-7(2)12-10-5-4-8(3)6-9(10)11/h7-10H,4-6H2,1-3H3. The predicted molar refractivity (Wildman–Crippen MR) is 47.9 cm³/mol. The van der Waals surface area contributed by atoms with Gasteiger partial charge in [-0.05, 0) is 39.0 Å². The fourth-order valence-electron chi connectivity index (χ4n) is 1.79. The number of rotatable bonds is 2. The highest BCUT2D eigenvalue weighted by atomic mass is 19.1. The smallest absolute Gasteiger partial charge is 0.126 e. The Bertz CT molecular complexity index is 136. The molecule has 1 fully saturated rings. The number of hydrogen-bond donors (Lipinski definition) is 0. The predicted octanol–water partition coefficient (Wildman–Crippen LogP) is 2.94. The maximum atomic E-state index is 13.3. The normalized spacial score (nSPS) is 37.2. The summed E-state index contributed by atoms with van der Waals surface area (Å²) in [6.45, 7) is 6.04. The summed E-state index contributed by atoms with van der Waals surface area (Å²) >= 11 is 0. The van der Waals surface area contributed by atoms with Crippen molar-refractivity contribution in [3.05, 3.63) is 0 Å². The Labute approximate surface area is 74.3 Å². The number of ether oxygens (including phenoxy) is 1. The van der Waals surface area contributed by atoms with E-state index in [0.717, 1.165) is 12.8 Å². The Morgan fingerprint density at radius 2 is 2.00 bits per heavy atom. The largest absolute Gasteiger partial charge is 0.373 e. The van der Waals surface area contributed by atoms with Crippen molar-refractivity contribution < 1.29 is 9.13 Å². The molecular formula is C10H19FO. The van der Waals surface area contributed by atoms with Gasteiger partial charge in [-0.25, -0.2) is 4.39 Å². The molecule has 0 aromatic heterocycles. The third-order valence-corrected chi connectivity index (χ3v) is 2.42. The summed E-state index contributed by atoms with van der Waals surface area (Å²) in [6, 6.07) is 0. The Balaban J connectivity index is 2.34. The summed E-state index contributed by atoms with van der Waals surface area (Å²) < 4.78 is 18.8. The second kappa shape index (κ2) is 4.22. The van der Waals surface area contributed by atoms with E-state index in [1.54, 1.807) is 0 Å². The topological polar surface area (TPSA) is 9.23 Å². The highest BCUT2D eigenvalue weighted by Gasteiger charge is 2.29. The van der Waals surface area contributed by atoms with E-state index >= 15 is 0 Å². The fourth-order valence-corrected chi connectivity index (χ4v) is 1.79. The minimum atomic E-state index is -0.740. The number of alkyl halides is 1. The van der Waals surface area contributed by atoms with Gasteiger partial charge in [0.25, 0.3) is 0 Å². The zero-order chi connectivity index (χ0) is 9.14. The van der Waals surface area contributed by atoms with Crippen LogP contribution in [0.5, 0.6) is 0 Å². The molecule has 2 heteroatoms. The molecule has 72 valence electrons. The Hall–Kier alpha value is -0.110. The molecule has 1 aliphatic carbocycles. The number of halogens is 1. The number of hydrogen-bond acceptors (Lipinski definition) is 1. The summed E-state index contributed by atoms with van der Waals surface area (Å²) in [5.74, 6) is 0.534. The van der Waals surface area contributed by atoms with Gasteiger partial charge >= 0.3 is 0 Å². The second-order valence-corrected chi connectivity index (χ2v) is 4.16. The third-order valence-electron chi connectivity index (χ3n) is 2.42. The fraction of sp³-hybridized carbons (Fsp3) is 1.00. The van der Waals surface area contributed by atoms with Gasteiger partial charge in [-0.1, -0.05) is 6.92 Å². The van der Waals surface area contributed by atoms with Crippen molar-refractivity contribution >= 4 is 0 Å². The zero-order valence-electron chi connectivity index (χ0n) is 8.22. The maximum absolute atomic E-state index is 13.3. The first kappa shape index (κ1) is 9.97. The molecule has 1 rings (SSSR count). The van der Waals surface area contributed by atoms with Crippen LogP contribution in [-0.2, 0) is 4.74 Å². The van der Waals surface area contributed by atoms with Gasteiger partial charge in [0, 0.05) is 0 Å². The van der Waals surface area contributed by atoms with Crippen LogP contribution in [0.4, 0.5) is 4.39 Å². The molecule has 0 aromatic rings. The SMILES string of the molecule is CC1CCC(OC(C)C)C(F)C1. The van der Waals surface area contributed by atoms with E-state index < -0.39 is 6.17 Å². The van der Waals surface area contributed by atoms with Crippen LogP contribution in [0.1, 0.15) is 40.0 Å². The first-order chi connectivity index (χ1) is 5.59. The lowest BCUT2D eigenvalue weighted by Gasteiger charge is -2.31. The quantitative estimate of drug-likeness (QED) is 0.625. The van der Waals surface area contributed by atoms with Crippen LogP contribution in [0.2, 0.25) is 0 Å². The molecule has 0 bridgehead atoms. The summed E-state index contributed by atoms with van der Waals surface area (Å²) in [5.41, 5.74) is 0.